The lowest BCUT2D eigenvalue weighted by atomic mass is 9.76. The Morgan fingerprint density at radius 1 is 1.00 bits per heavy atom. The van der Waals surface area contributed by atoms with Crippen molar-refractivity contribution in [3.05, 3.63) is 83.2 Å². The minimum absolute atomic E-state index is 0.208. The Balaban J connectivity index is 1.42. The van der Waals surface area contributed by atoms with E-state index in [1.54, 1.807) is 0 Å². The van der Waals surface area contributed by atoms with Gasteiger partial charge in [-0.15, -0.1) is 0 Å². The van der Waals surface area contributed by atoms with Crippen molar-refractivity contribution in [1.29, 1.82) is 0 Å². The molecular weight excluding hydrogens is 374 g/mol. The Bertz CT molecular complexity index is 1020. The Morgan fingerprint density at radius 2 is 1.73 bits per heavy atom. The van der Waals surface area contributed by atoms with Gasteiger partial charge in [-0.3, -0.25) is 4.90 Å². The molecule has 2 aromatic carbocycles. The smallest absolute Gasteiger partial charge is 0.0928 e. The fourth-order valence-electron chi connectivity index (χ4n) is 5.15. The minimum atomic E-state index is -0.849. The van der Waals surface area contributed by atoms with Gasteiger partial charge in [-0.1, -0.05) is 42.5 Å². The number of aromatic nitrogens is 2. The van der Waals surface area contributed by atoms with E-state index in [9.17, 15) is 5.11 Å². The maximum absolute atomic E-state index is 11.8. The van der Waals surface area contributed by atoms with E-state index in [1.165, 1.54) is 5.56 Å². The molecule has 0 radical (unpaired) electrons. The largest absolute Gasteiger partial charge is 0.385 e. The number of aryl methyl sites for hydroxylation is 2. The number of morpholine rings is 1. The second-order valence-corrected chi connectivity index (χ2v) is 8.83. The summed E-state index contributed by atoms with van der Waals surface area (Å²) in [4.78, 5) is 2.53. The number of hydrogen-bond donors (Lipinski definition) is 1. The molecule has 5 nitrogen and oxygen atoms in total. The fraction of sp³-hybridized carbons (Fsp3) is 0.400. The second kappa shape index (κ2) is 7.65. The summed E-state index contributed by atoms with van der Waals surface area (Å²) in [6.07, 6.45) is 1.35. The molecule has 30 heavy (non-hydrogen) atoms. The molecule has 3 aromatic rings. The number of rotatable bonds is 4. The molecule has 2 saturated heterocycles. The van der Waals surface area contributed by atoms with Crippen LogP contribution in [0, 0.1) is 13.8 Å². The normalized spacial score (nSPS) is 26.6. The van der Waals surface area contributed by atoms with Crippen molar-refractivity contribution in [2.24, 2.45) is 0 Å². The van der Waals surface area contributed by atoms with Crippen LogP contribution in [0.25, 0.3) is 5.69 Å². The van der Waals surface area contributed by atoms with Crippen molar-refractivity contribution >= 4 is 0 Å². The van der Waals surface area contributed by atoms with Crippen molar-refractivity contribution in [2.45, 2.75) is 50.9 Å². The number of ether oxygens (including phenoxy) is 1. The summed E-state index contributed by atoms with van der Waals surface area (Å²) in [6.45, 7) is 6.31. The van der Waals surface area contributed by atoms with Crippen LogP contribution in [0.15, 0.2) is 60.7 Å². The average Bonchev–Trinajstić information content (AvgIpc) is 3.08. The third-order valence-electron chi connectivity index (χ3n) is 6.55. The Kier molecular flexibility index (Phi) is 4.97. The van der Waals surface area contributed by atoms with Gasteiger partial charge >= 0.3 is 0 Å². The van der Waals surface area contributed by atoms with E-state index in [-0.39, 0.29) is 12.1 Å². The zero-order chi connectivity index (χ0) is 20.7. The van der Waals surface area contributed by atoms with Crippen LogP contribution in [0.4, 0.5) is 0 Å². The topological polar surface area (TPSA) is 50.5 Å². The highest BCUT2D eigenvalue weighted by Gasteiger charge is 2.47. The minimum Gasteiger partial charge on any atom is -0.385 e. The van der Waals surface area contributed by atoms with Crippen LogP contribution in [0.5, 0.6) is 0 Å². The molecule has 1 aromatic heterocycles. The fourth-order valence-corrected chi connectivity index (χ4v) is 5.15. The van der Waals surface area contributed by atoms with Gasteiger partial charge in [0.1, 0.15) is 0 Å². The van der Waals surface area contributed by atoms with Gasteiger partial charge in [0, 0.05) is 24.3 Å². The summed E-state index contributed by atoms with van der Waals surface area (Å²) in [5, 5.41) is 16.4. The van der Waals surface area contributed by atoms with E-state index >= 15 is 0 Å². The summed E-state index contributed by atoms with van der Waals surface area (Å²) in [5.74, 6) is 0. The summed E-state index contributed by atoms with van der Waals surface area (Å²) < 4.78 is 7.83. The van der Waals surface area contributed by atoms with Gasteiger partial charge in [0.05, 0.1) is 30.2 Å². The number of piperidine rings is 1. The molecule has 0 amide bonds. The van der Waals surface area contributed by atoms with Crippen LogP contribution in [-0.4, -0.2) is 45.1 Å². The monoisotopic (exact) mass is 403 g/mol. The molecule has 3 heterocycles. The van der Waals surface area contributed by atoms with Crippen LogP contribution in [-0.2, 0) is 16.9 Å². The van der Waals surface area contributed by atoms with E-state index in [0.29, 0.717) is 26.1 Å². The maximum atomic E-state index is 11.8. The highest BCUT2D eigenvalue weighted by molar-refractivity contribution is 5.40. The van der Waals surface area contributed by atoms with Gasteiger partial charge < -0.3 is 9.84 Å². The summed E-state index contributed by atoms with van der Waals surface area (Å²) in [7, 11) is 0. The van der Waals surface area contributed by atoms with Crippen molar-refractivity contribution in [2.75, 3.05) is 13.2 Å². The molecule has 2 fully saturated rings. The number of hydrogen-bond acceptors (Lipinski definition) is 4. The van der Waals surface area contributed by atoms with Crippen molar-refractivity contribution in [3.63, 3.8) is 0 Å². The lowest BCUT2D eigenvalue weighted by Gasteiger charge is -2.52. The molecule has 2 bridgehead atoms. The van der Waals surface area contributed by atoms with Gasteiger partial charge in [0.15, 0.2) is 0 Å². The van der Waals surface area contributed by atoms with E-state index in [0.717, 1.165) is 29.2 Å². The molecule has 156 valence electrons. The first-order valence-corrected chi connectivity index (χ1v) is 10.8. The van der Waals surface area contributed by atoms with Gasteiger partial charge in [0.25, 0.3) is 0 Å². The molecule has 0 aliphatic carbocycles. The Hall–Kier alpha value is -2.47. The number of nitrogens with zero attached hydrogens (tertiary/aromatic N) is 3. The van der Waals surface area contributed by atoms with Crippen LogP contribution >= 0.6 is 0 Å². The average molecular weight is 404 g/mol. The summed E-state index contributed by atoms with van der Waals surface area (Å²) in [6, 6.07) is 21.3. The van der Waals surface area contributed by atoms with Crippen molar-refractivity contribution in [1.82, 2.24) is 14.7 Å². The molecular formula is C25H29N3O2. The predicted molar refractivity (Wildman–Crippen MR) is 117 cm³/mol. The first-order valence-electron chi connectivity index (χ1n) is 10.8. The summed E-state index contributed by atoms with van der Waals surface area (Å²) >= 11 is 0. The second-order valence-electron chi connectivity index (χ2n) is 8.83. The first kappa shape index (κ1) is 19.5. The molecule has 2 unspecified atom stereocenters. The van der Waals surface area contributed by atoms with Crippen molar-refractivity contribution in [3.8, 4) is 5.69 Å². The van der Waals surface area contributed by atoms with Crippen LogP contribution in [0.2, 0.25) is 0 Å². The zero-order valence-corrected chi connectivity index (χ0v) is 17.7. The van der Waals surface area contributed by atoms with Crippen LogP contribution < -0.4 is 0 Å². The molecule has 2 atom stereocenters. The van der Waals surface area contributed by atoms with E-state index < -0.39 is 5.60 Å². The zero-order valence-electron chi connectivity index (χ0n) is 17.7. The Labute approximate surface area is 177 Å². The van der Waals surface area contributed by atoms with Crippen LogP contribution in [0.1, 0.15) is 35.4 Å². The van der Waals surface area contributed by atoms with E-state index in [1.807, 2.05) is 17.7 Å². The third-order valence-corrected chi connectivity index (χ3v) is 6.55. The van der Waals surface area contributed by atoms with E-state index in [2.05, 4.69) is 71.5 Å². The number of benzene rings is 2. The number of aliphatic hydroxyl groups is 1. The quantitative estimate of drug-likeness (QED) is 0.721. The molecule has 5 heteroatoms. The molecule has 0 spiro atoms. The van der Waals surface area contributed by atoms with E-state index in [4.69, 9.17) is 4.74 Å². The molecule has 2 aliphatic rings. The SMILES string of the molecule is Cc1cc(C)n(-c2cccc(C3(O)CC4COCC(C3)N4Cc3ccccc3)c2)n1. The maximum Gasteiger partial charge on any atom is 0.0928 e. The number of fused-ring (bicyclic) bond motifs is 2. The van der Waals surface area contributed by atoms with Gasteiger partial charge in [-0.05, 0) is 56.0 Å². The third kappa shape index (κ3) is 3.58. The van der Waals surface area contributed by atoms with Crippen LogP contribution in [0.3, 0.4) is 0 Å². The molecule has 2 aliphatic heterocycles. The molecule has 0 saturated carbocycles. The van der Waals surface area contributed by atoms with Gasteiger partial charge in [-0.2, -0.15) is 5.10 Å². The lowest BCUT2D eigenvalue weighted by Crippen LogP contribution is -2.60. The van der Waals surface area contributed by atoms with Gasteiger partial charge in [-0.25, -0.2) is 4.68 Å². The molecule has 5 rings (SSSR count). The highest BCUT2D eigenvalue weighted by atomic mass is 16.5. The highest BCUT2D eigenvalue weighted by Crippen LogP contribution is 2.42. The molecule has 1 N–H and O–H groups in total. The predicted octanol–water partition coefficient (Wildman–Crippen LogP) is 3.74. The Morgan fingerprint density at radius 3 is 2.40 bits per heavy atom. The summed E-state index contributed by atoms with van der Waals surface area (Å²) in [5.41, 5.74) is 4.53. The van der Waals surface area contributed by atoms with Gasteiger partial charge in [0.2, 0.25) is 0 Å². The first-order chi connectivity index (χ1) is 14.5. The standard InChI is InChI=1S/C25H29N3O2/c1-18-11-19(2)28(26-18)22-10-6-9-21(12-22)25(29)13-23-16-30-17-24(14-25)27(23)15-20-7-4-3-5-8-20/h3-12,23-24,29H,13-17H2,1-2H3. The van der Waals surface area contributed by atoms with Crippen molar-refractivity contribution < 1.29 is 9.84 Å². The lowest BCUT2D eigenvalue weighted by molar-refractivity contribution is -0.149.